The van der Waals surface area contributed by atoms with Gasteiger partial charge in [0.15, 0.2) is 5.96 Å². The zero-order valence-electron chi connectivity index (χ0n) is 18.7. The Morgan fingerprint density at radius 2 is 1.89 bits per heavy atom. The van der Waals surface area contributed by atoms with Crippen molar-refractivity contribution in [2.24, 2.45) is 16.8 Å². The number of halogens is 1. The molecule has 0 aromatic rings. The van der Waals surface area contributed by atoms with Gasteiger partial charge in [-0.15, -0.1) is 24.0 Å². The van der Waals surface area contributed by atoms with Crippen molar-refractivity contribution in [2.75, 3.05) is 40.4 Å². The van der Waals surface area contributed by atoms with Crippen LogP contribution in [0.25, 0.3) is 0 Å². The highest BCUT2D eigenvalue weighted by atomic mass is 127. The minimum Gasteiger partial charge on any atom is -0.444 e. The first kappa shape index (κ1) is 27.2. The molecule has 0 radical (unpaired) electrons. The van der Waals surface area contributed by atoms with Crippen molar-refractivity contribution < 1.29 is 14.3 Å². The van der Waals surface area contributed by atoms with Crippen LogP contribution in [0, 0.1) is 11.8 Å². The highest BCUT2D eigenvalue weighted by Gasteiger charge is 2.22. The zero-order chi connectivity index (χ0) is 20.4. The number of carbonyl (C=O) groups excluding carboxylic acids is 1. The molecule has 0 aliphatic carbocycles. The Balaban J connectivity index is 0.00000729. The summed E-state index contributed by atoms with van der Waals surface area (Å²) in [5.41, 5.74) is -0.501. The first-order chi connectivity index (χ1) is 12.6. The molecular formula is C20H41IN4O3. The van der Waals surface area contributed by atoms with Gasteiger partial charge in [-0.05, 0) is 51.9 Å². The second-order valence-corrected chi connectivity index (χ2v) is 8.69. The molecule has 0 spiro atoms. The van der Waals surface area contributed by atoms with E-state index in [2.05, 4.69) is 41.4 Å². The van der Waals surface area contributed by atoms with Gasteiger partial charge in [-0.25, -0.2) is 4.79 Å². The van der Waals surface area contributed by atoms with Crippen molar-refractivity contribution in [2.45, 2.75) is 65.5 Å². The third-order valence-electron chi connectivity index (χ3n) is 4.77. The fourth-order valence-corrected chi connectivity index (χ4v) is 3.02. The number of hydrogen-bond acceptors (Lipinski definition) is 4. The summed E-state index contributed by atoms with van der Waals surface area (Å²) in [6.45, 7) is 13.1. The Hall–Kier alpha value is -0.770. The molecule has 1 aliphatic rings. The van der Waals surface area contributed by atoms with Crippen molar-refractivity contribution in [3.8, 4) is 0 Å². The summed E-state index contributed by atoms with van der Waals surface area (Å²) in [6, 6.07) is -0.0412. The number of ether oxygens (including phenoxy) is 2. The number of carbonyl (C=O) groups is 1. The number of alkyl carbamates (subject to hydrolysis) is 1. The summed E-state index contributed by atoms with van der Waals surface area (Å²) in [6.07, 6.45) is 3.06. The molecule has 2 N–H and O–H groups in total. The maximum atomic E-state index is 12.1. The number of rotatable bonds is 7. The highest BCUT2D eigenvalue weighted by Crippen LogP contribution is 2.18. The molecule has 0 aromatic heterocycles. The number of nitrogens with zero attached hydrogens (tertiary/aromatic N) is 2. The van der Waals surface area contributed by atoms with Crippen LogP contribution in [0.15, 0.2) is 4.99 Å². The molecule has 166 valence electrons. The Labute approximate surface area is 188 Å². The van der Waals surface area contributed by atoms with Crippen molar-refractivity contribution in [3.05, 3.63) is 0 Å². The number of guanidine groups is 1. The number of nitrogens with one attached hydrogen (secondary N) is 2. The van der Waals surface area contributed by atoms with Crippen molar-refractivity contribution in [1.29, 1.82) is 0 Å². The molecule has 7 nitrogen and oxygen atoms in total. The highest BCUT2D eigenvalue weighted by molar-refractivity contribution is 14.0. The largest absolute Gasteiger partial charge is 0.444 e. The Morgan fingerprint density at radius 1 is 1.29 bits per heavy atom. The standard InChI is InChI=1S/C20H40N4O3.HI/c1-15(2)17(23-19(25)27-20(3,4)5)14-22-18(21-6)24(7)11-8-16-9-12-26-13-10-16;/h15-17H,8-14H2,1-7H3,(H,21,22)(H,23,25);1H. The third-order valence-corrected chi connectivity index (χ3v) is 4.77. The summed E-state index contributed by atoms with van der Waals surface area (Å²) >= 11 is 0. The van der Waals surface area contributed by atoms with Crippen LogP contribution in [0.2, 0.25) is 0 Å². The molecule has 1 unspecified atom stereocenters. The maximum Gasteiger partial charge on any atom is 0.407 e. The summed E-state index contributed by atoms with van der Waals surface area (Å²) in [5, 5.41) is 6.35. The lowest BCUT2D eigenvalue weighted by atomic mass is 9.96. The van der Waals surface area contributed by atoms with Gasteiger partial charge in [-0.3, -0.25) is 4.99 Å². The number of hydrogen-bond donors (Lipinski definition) is 2. The van der Waals surface area contributed by atoms with Gasteiger partial charge in [0.1, 0.15) is 5.60 Å². The molecule has 1 fully saturated rings. The van der Waals surface area contributed by atoms with Gasteiger partial charge in [0.05, 0.1) is 6.04 Å². The van der Waals surface area contributed by atoms with E-state index in [0.717, 1.165) is 50.9 Å². The van der Waals surface area contributed by atoms with Gasteiger partial charge in [-0.1, -0.05) is 13.8 Å². The molecule has 0 saturated carbocycles. The Kier molecular flexibility index (Phi) is 13.1. The fourth-order valence-electron chi connectivity index (χ4n) is 3.02. The Morgan fingerprint density at radius 3 is 2.39 bits per heavy atom. The fraction of sp³-hybridized carbons (Fsp3) is 0.900. The van der Waals surface area contributed by atoms with Crippen LogP contribution in [0.5, 0.6) is 0 Å². The molecular weight excluding hydrogens is 471 g/mol. The number of aliphatic imine (C=N–C) groups is 1. The molecule has 1 saturated heterocycles. The van der Waals surface area contributed by atoms with E-state index in [1.165, 1.54) is 0 Å². The molecule has 0 aromatic carbocycles. The average Bonchev–Trinajstić information content (AvgIpc) is 2.58. The molecule has 1 amide bonds. The van der Waals surface area contributed by atoms with Gasteiger partial charge in [0.2, 0.25) is 0 Å². The lowest BCUT2D eigenvalue weighted by molar-refractivity contribution is 0.0491. The maximum absolute atomic E-state index is 12.1. The molecule has 8 heteroatoms. The minimum absolute atomic E-state index is 0. The predicted molar refractivity (Wildman–Crippen MR) is 126 cm³/mol. The topological polar surface area (TPSA) is 75.2 Å². The second kappa shape index (κ2) is 13.5. The monoisotopic (exact) mass is 512 g/mol. The van der Waals surface area contributed by atoms with Gasteiger partial charge >= 0.3 is 6.09 Å². The minimum atomic E-state index is -0.501. The van der Waals surface area contributed by atoms with Crippen LogP contribution in [-0.2, 0) is 9.47 Å². The molecule has 0 bridgehead atoms. The van der Waals surface area contributed by atoms with E-state index >= 15 is 0 Å². The van der Waals surface area contributed by atoms with E-state index in [1.54, 1.807) is 7.05 Å². The molecule has 1 aliphatic heterocycles. The molecule has 1 rings (SSSR count). The van der Waals surface area contributed by atoms with E-state index in [1.807, 2.05) is 20.8 Å². The lowest BCUT2D eigenvalue weighted by Crippen LogP contribution is -2.50. The molecule has 1 atom stereocenters. The van der Waals surface area contributed by atoms with E-state index in [4.69, 9.17) is 9.47 Å². The van der Waals surface area contributed by atoms with Gasteiger partial charge < -0.3 is 25.0 Å². The molecule has 1 heterocycles. The average molecular weight is 512 g/mol. The van der Waals surface area contributed by atoms with Crippen LogP contribution in [0.1, 0.15) is 53.9 Å². The van der Waals surface area contributed by atoms with Crippen LogP contribution in [0.3, 0.4) is 0 Å². The van der Waals surface area contributed by atoms with Crippen LogP contribution in [0.4, 0.5) is 4.79 Å². The van der Waals surface area contributed by atoms with E-state index in [-0.39, 0.29) is 42.0 Å². The predicted octanol–water partition coefficient (Wildman–Crippen LogP) is 3.48. The van der Waals surface area contributed by atoms with Crippen molar-refractivity contribution >= 4 is 36.0 Å². The first-order valence-corrected chi connectivity index (χ1v) is 10.1. The van der Waals surface area contributed by atoms with Crippen LogP contribution in [-0.4, -0.2) is 69.0 Å². The normalized spacial score (nSPS) is 16.9. The summed E-state index contributed by atoms with van der Waals surface area (Å²) in [4.78, 5) is 18.6. The van der Waals surface area contributed by atoms with Crippen molar-refractivity contribution in [3.63, 3.8) is 0 Å². The summed E-state index contributed by atoms with van der Waals surface area (Å²) in [7, 11) is 3.85. The van der Waals surface area contributed by atoms with Gasteiger partial charge in [0.25, 0.3) is 0 Å². The summed E-state index contributed by atoms with van der Waals surface area (Å²) in [5.74, 6) is 1.85. The smallest absolute Gasteiger partial charge is 0.407 e. The first-order valence-electron chi connectivity index (χ1n) is 10.1. The van der Waals surface area contributed by atoms with Crippen molar-refractivity contribution in [1.82, 2.24) is 15.5 Å². The Bertz CT molecular complexity index is 475. The number of amides is 1. The second-order valence-electron chi connectivity index (χ2n) is 8.69. The van der Waals surface area contributed by atoms with Crippen LogP contribution >= 0.6 is 24.0 Å². The quantitative estimate of drug-likeness (QED) is 0.311. The van der Waals surface area contributed by atoms with Gasteiger partial charge in [-0.2, -0.15) is 0 Å². The molecule has 28 heavy (non-hydrogen) atoms. The zero-order valence-corrected chi connectivity index (χ0v) is 21.0. The van der Waals surface area contributed by atoms with E-state index in [9.17, 15) is 4.79 Å². The third kappa shape index (κ3) is 11.3. The summed E-state index contributed by atoms with van der Waals surface area (Å²) < 4.78 is 10.8. The van der Waals surface area contributed by atoms with E-state index in [0.29, 0.717) is 6.54 Å². The van der Waals surface area contributed by atoms with Crippen LogP contribution < -0.4 is 10.6 Å². The SMILES string of the molecule is CN=C(NCC(NC(=O)OC(C)(C)C)C(C)C)N(C)CCC1CCOCC1.I. The van der Waals surface area contributed by atoms with E-state index < -0.39 is 5.60 Å². The van der Waals surface area contributed by atoms with Gasteiger partial charge in [0, 0.05) is 40.4 Å². The lowest BCUT2D eigenvalue weighted by Gasteiger charge is -2.29.